The summed E-state index contributed by atoms with van der Waals surface area (Å²) in [6.07, 6.45) is 9.47. The van der Waals surface area contributed by atoms with Gasteiger partial charge in [-0.15, -0.1) is 0 Å². The molecule has 1 heteroatoms. The Morgan fingerprint density at radius 2 is 1.44 bits per heavy atom. The standard InChI is InChI=1S/C8H19P/c1-3-9(4-2)7-5-6-8-9/h9H,3-8H2,1-2H3. The van der Waals surface area contributed by atoms with Crippen LogP contribution < -0.4 is 0 Å². The molecule has 0 aromatic rings. The van der Waals surface area contributed by atoms with E-state index in [2.05, 4.69) is 13.8 Å². The van der Waals surface area contributed by atoms with Crippen LogP contribution in [0, 0.1) is 0 Å². The van der Waals surface area contributed by atoms with E-state index < -0.39 is 7.26 Å². The summed E-state index contributed by atoms with van der Waals surface area (Å²) in [5, 5.41) is 0. The van der Waals surface area contributed by atoms with Crippen molar-refractivity contribution in [3.63, 3.8) is 0 Å². The third-order valence-corrected chi connectivity index (χ3v) is 8.99. The summed E-state index contributed by atoms with van der Waals surface area (Å²) >= 11 is 0. The third-order valence-electron chi connectivity index (χ3n) is 3.16. The zero-order valence-corrected chi connectivity index (χ0v) is 7.74. The van der Waals surface area contributed by atoms with Crippen LogP contribution in [-0.2, 0) is 0 Å². The van der Waals surface area contributed by atoms with Crippen molar-refractivity contribution in [3.8, 4) is 0 Å². The molecular weight excluding hydrogens is 127 g/mol. The molecule has 0 unspecified atom stereocenters. The average Bonchev–Trinajstić information content (AvgIpc) is 2.36. The molecule has 9 heavy (non-hydrogen) atoms. The predicted octanol–water partition coefficient (Wildman–Crippen LogP) is 2.57. The van der Waals surface area contributed by atoms with Gasteiger partial charge in [-0.1, -0.05) is 0 Å². The summed E-state index contributed by atoms with van der Waals surface area (Å²) in [6.45, 7) is 4.81. The van der Waals surface area contributed by atoms with Crippen molar-refractivity contribution in [2.45, 2.75) is 26.7 Å². The van der Waals surface area contributed by atoms with Crippen molar-refractivity contribution in [2.75, 3.05) is 24.6 Å². The molecule has 0 aliphatic carbocycles. The number of hydrogen-bond acceptors (Lipinski definition) is 0. The molecule has 1 rings (SSSR count). The van der Waals surface area contributed by atoms with E-state index in [-0.39, 0.29) is 0 Å². The summed E-state index contributed by atoms with van der Waals surface area (Å²) in [5.41, 5.74) is 0. The van der Waals surface area contributed by atoms with Crippen molar-refractivity contribution in [3.05, 3.63) is 0 Å². The molecule has 0 aromatic carbocycles. The van der Waals surface area contributed by atoms with Crippen molar-refractivity contribution in [2.24, 2.45) is 0 Å². The number of hydrogen-bond donors (Lipinski definition) is 0. The van der Waals surface area contributed by atoms with Gasteiger partial charge in [0.15, 0.2) is 0 Å². The second-order valence-corrected chi connectivity index (χ2v) is 8.83. The Morgan fingerprint density at radius 3 is 1.67 bits per heavy atom. The van der Waals surface area contributed by atoms with E-state index >= 15 is 0 Å². The van der Waals surface area contributed by atoms with Gasteiger partial charge in [0.1, 0.15) is 0 Å². The first-order chi connectivity index (χ1) is 4.33. The van der Waals surface area contributed by atoms with Gasteiger partial charge in [-0.2, -0.15) is 0 Å². The van der Waals surface area contributed by atoms with Gasteiger partial charge in [0, 0.05) is 0 Å². The van der Waals surface area contributed by atoms with Gasteiger partial charge in [0.25, 0.3) is 0 Å². The molecule has 1 aliphatic heterocycles. The summed E-state index contributed by atoms with van der Waals surface area (Å²) in [6, 6.07) is 0. The Hall–Kier alpha value is 0.430. The monoisotopic (exact) mass is 146 g/mol. The van der Waals surface area contributed by atoms with E-state index in [1.54, 1.807) is 37.5 Å². The molecule has 0 saturated carbocycles. The van der Waals surface area contributed by atoms with Gasteiger partial charge in [0.2, 0.25) is 0 Å². The molecule has 1 heterocycles. The van der Waals surface area contributed by atoms with Gasteiger partial charge < -0.3 is 0 Å². The van der Waals surface area contributed by atoms with Crippen LogP contribution in [0.4, 0.5) is 0 Å². The first kappa shape index (κ1) is 7.54. The molecule has 0 bridgehead atoms. The molecule has 0 radical (unpaired) electrons. The summed E-state index contributed by atoms with van der Waals surface area (Å²) < 4.78 is 0. The first-order valence-electron chi connectivity index (χ1n) is 4.33. The second kappa shape index (κ2) is 3.01. The van der Waals surface area contributed by atoms with Gasteiger partial charge >= 0.3 is 58.6 Å². The Bertz CT molecular complexity index is 76.6. The van der Waals surface area contributed by atoms with Crippen LogP contribution in [-0.4, -0.2) is 24.6 Å². The van der Waals surface area contributed by atoms with Crippen molar-refractivity contribution < 1.29 is 0 Å². The maximum atomic E-state index is 2.40. The van der Waals surface area contributed by atoms with Gasteiger partial charge in [-0.25, -0.2) is 0 Å². The molecule has 1 aliphatic rings. The molecule has 0 N–H and O–H groups in total. The van der Waals surface area contributed by atoms with E-state index in [0.717, 1.165) is 0 Å². The van der Waals surface area contributed by atoms with E-state index in [0.29, 0.717) is 0 Å². The van der Waals surface area contributed by atoms with Crippen LogP contribution >= 0.6 is 7.26 Å². The molecule has 1 saturated heterocycles. The fraction of sp³-hybridized carbons (Fsp3) is 1.00. The predicted molar refractivity (Wildman–Crippen MR) is 48.4 cm³/mol. The Labute approximate surface area is 59.4 Å². The molecular formula is C8H19P. The molecule has 0 amide bonds. The zero-order valence-electron chi connectivity index (χ0n) is 6.74. The van der Waals surface area contributed by atoms with E-state index in [9.17, 15) is 0 Å². The van der Waals surface area contributed by atoms with Crippen LogP contribution in [0.3, 0.4) is 0 Å². The molecule has 0 spiro atoms. The van der Waals surface area contributed by atoms with Crippen molar-refractivity contribution in [1.29, 1.82) is 0 Å². The summed E-state index contributed by atoms with van der Waals surface area (Å²) in [5.74, 6) is 0. The van der Waals surface area contributed by atoms with E-state index in [1.165, 1.54) is 0 Å². The van der Waals surface area contributed by atoms with Crippen LogP contribution in [0.15, 0.2) is 0 Å². The minimum atomic E-state index is -0.580. The van der Waals surface area contributed by atoms with Gasteiger partial charge in [-0.05, 0) is 0 Å². The Morgan fingerprint density at radius 1 is 1.00 bits per heavy atom. The van der Waals surface area contributed by atoms with Crippen LogP contribution in [0.1, 0.15) is 26.7 Å². The fourth-order valence-corrected chi connectivity index (χ4v) is 6.25. The van der Waals surface area contributed by atoms with Crippen molar-refractivity contribution >= 4 is 7.26 Å². The second-order valence-electron chi connectivity index (χ2n) is 3.41. The zero-order chi connectivity index (χ0) is 6.74. The van der Waals surface area contributed by atoms with Crippen LogP contribution in [0.25, 0.3) is 0 Å². The fourth-order valence-electron chi connectivity index (χ4n) is 2.08. The molecule has 1 fully saturated rings. The molecule has 0 nitrogen and oxygen atoms in total. The SMILES string of the molecule is CC[PH]1(CC)CCCC1. The quantitative estimate of drug-likeness (QED) is 0.525. The van der Waals surface area contributed by atoms with Gasteiger partial charge in [0.05, 0.1) is 0 Å². The Kier molecular flexibility index (Phi) is 2.52. The molecule has 0 aromatic heterocycles. The first-order valence-corrected chi connectivity index (χ1v) is 7.16. The minimum absolute atomic E-state index is 0.580. The van der Waals surface area contributed by atoms with E-state index in [1.807, 2.05) is 0 Å². The van der Waals surface area contributed by atoms with Crippen LogP contribution in [0.2, 0.25) is 0 Å². The Balaban J connectivity index is 2.45. The topological polar surface area (TPSA) is 0 Å². The van der Waals surface area contributed by atoms with Gasteiger partial charge in [-0.3, -0.25) is 0 Å². The maximum absolute atomic E-state index is 2.40. The summed E-state index contributed by atoms with van der Waals surface area (Å²) in [7, 11) is -0.580. The number of rotatable bonds is 2. The van der Waals surface area contributed by atoms with Crippen LogP contribution in [0.5, 0.6) is 0 Å². The summed E-state index contributed by atoms with van der Waals surface area (Å²) in [4.78, 5) is 0. The van der Waals surface area contributed by atoms with Crippen molar-refractivity contribution in [1.82, 2.24) is 0 Å². The van der Waals surface area contributed by atoms with E-state index in [4.69, 9.17) is 0 Å². The molecule has 0 atom stereocenters. The average molecular weight is 146 g/mol. The normalized spacial score (nSPS) is 28.2. The third kappa shape index (κ3) is 1.46. The molecule has 56 valence electrons.